The Morgan fingerprint density at radius 3 is 2.56 bits per heavy atom. The van der Waals surface area contributed by atoms with E-state index in [4.69, 9.17) is 16.3 Å². The van der Waals surface area contributed by atoms with E-state index in [2.05, 4.69) is 20.6 Å². The third-order valence-corrected chi connectivity index (χ3v) is 5.42. The van der Waals surface area contributed by atoms with Crippen molar-refractivity contribution in [1.82, 2.24) is 20.6 Å². The summed E-state index contributed by atoms with van der Waals surface area (Å²) in [5, 5.41) is 6.02. The molecule has 1 aliphatic rings. The molecule has 1 fully saturated rings. The Morgan fingerprint density at radius 2 is 1.91 bits per heavy atom. The quantitative estimate of drug-likeness (QED) is 0.564. The summed E-state index contributed by atoms with van der Waals surface area (Å²) >= 11 is 5.94. The molecule has 1 aromatic heterocycles. The van der Waals surface area contributed by atoms with Crippen LogP contribution in [0.2, 0.25) is 5.02 Å². The molecule has 0 unspecified atom stereocenters. The van der Waals surface area contributed by atoms with E-state index >= 15 is 0 Å². The number of amides is 2. The summed E-state index contributed by atoms with van der Waals surface area (Å²) in [6.07, 6.45) is 5.08. The Labute approximate surface area is 189 Å². The Kier molecular flexibility index (Phi) is 6.05. The third kappa shape index (κ3) is 4.86. The van der Waals surface area contributed by atoms with Gasteiger partial charge in [-0.05, 0) is 49.6 Å². The molecule has 0 atom stereocenters. The van der Waals surface area contributed by atoms with Gasteiger partial charge in [-0.2, -0.15) is 0 Å². The van der Waals surface area contributed by atoms with Crippen molar-refractivity contribution in [3.63, 3.8) is 0 Å². The predicted octanol–water partition coefficient (Wildman–Crippen LogP) is 3.95. The molecule has 9 heteroatoms. The molecule has 32 heavy (non-hydrogen) atoms. The second kappa shape index (κ2) is 8.92. The molecule has 0 spiro atoms. The average Bonchev–Trinajstić information content (AvgIpc) is 3.56. The third-order valence-electron chi connectivity index (χ3n) is 5.19. The van der Waals surface area contributed by atoms with Crippen LogP contribution in [0.4, 0.5) is 4.39 Å². The van der Waals surface area contributed by atoms with Gasteiger partial charge in [0.1, 0.15) is 29.2 Å². The molecule has 0 radical (unpaired) electrons. The van der Waals surface area contributed by atoms with Gasteiger partial charge in [0.05, 0.1) is 5.56 Å². The van der Waals surface area contributed by atoms with Gasteiger partial charge in [-0.3, -0.25) is 9.59 Å². The lowest BCUT2D eigenvalue weighted by Crippen LogP contribution is -2.48. The molecule has 2 amide bonds. The molecule has 7 nitrogen and oxygen atoms in total. The first-order chi connectivity index (χ1) is 15.4. The van der Waals surface area contributed by atoms with Gasteiger partial charge in [0, 0.05) is 35.6 Å². The molecule has 0 aliphatic heterocycles. The fraction of sp³-hybridized carbons (Fsp3) is 0.217. The molecule has 164 valence electrons. The zero-order valence-corrected chi connectivity index (χ0v) is 17.9. The molecule has 2 N–H and O–H groups in total. The molecular weight excluding hydrogens is 435 g/mol. The van der Waals surface area contributed by atoms with E-state index in [0.717, 1.165) is 5.56 Å². The van der Waals surface area contributed by atoms with Crippen LogP contribution < -0.4 is 15.4 Å². The van der Waals surface area contributed by atoms with Gasteiger partial charge in [0.25, 0.3) is 5.91 Å². The molecule has 1 heterocycles. The van der Waals surface area contributed by atoms with Gasteiger partial charge in [-0.25, -0.2) is 14.4 Å². The highest BCUT2D eigenvalue weighted by atomic mass is 35.5. The van der Waals surface area contributed by atoms with Crippen LogP contribution >= 0.6 is 11.6 Å². The lowest BCUT2D eigenvalue weighted by molar-refractivity contribution is -0.124. The average molecular weight is 455 g/mol. The number of carbonyl (C=O) groups is 2. The van der Waals surface area contributed by atoms with E-state index in [0.29, 0.717) is 34.9 Å². The molecule has 3 aromatic rings. The zero-order valence-electron chi connectivity index (χ0n) is 17.2. The lowest BCUT2D eigenvalue weighted by Gasteiger charge is -2.17. The normalized spacial score (nSPS) is 13.8. The van der Waals surface area contributed by atoms with Crippen LogP contribution in [0.25, 0.3) is 0 Å². The number of hydrogen-bond acceptors (Lipinski definition) is 5. The van der Waals surface area contributed by atoms with E-state index in [9.17, 15) is 14.0 Å². The summed E-state index contributed by atoms with van der Waals surface area (Å²) in [5.74, 6) is -0.392. The van der Waals surface area contributed by atoms with Crippen molar-refractivity contribution in [3.8, 4) is 11.5 Å². The van der Waals surface area contributed by atoms with Crippen LogP contribution in [0.5, 0.6) is 11.5 Å². The SMILES string of the molecule is Cc1cc(Cl)ccc1Oc1ccc(CNC(=O)C2(NC(=O)c3cncnc3)CC2)c(F)c1. The number of aryl methyl sites for hydroxylation is 1. The minimum atomic E-state index is -0.988. The smallest absolute Gasteiger partial charge is 0.255 e. The molecule has 0 saturated heterocycles. The van der Waals surface area contributed by atoms with Gasteiger partial charge >= 0.3 is 0 Å². The monoisotopic (exact) mass is 454 g/mol. The number of carbonyl (C=O) groups excluding carboxylic acids is 2. The Hall–Kier alpha value is -3.52. The van der Waals surface area contributed by atoms with Crippen LogP contribution in [-0.4, -0.2) is 27.3 Å². The first kappa shape index (κ1) is 21.7. The number of benzene rings is 2. The van der Waals surface area contributed by atoms with Gasteiger partial charge in [-0.15, -0.1) is 0 Å². The highest BCUT2D eigenvalue weighted by Gasteiger charge is 2.51. The molecule has 4 rings (SSSR count). The van der Waals surface area contributed by atoms with Crippen LogP contribution in [-0.2, 0) is 11.3 Å². The minimum Gasteiger partial charge on any atom is -0.457 e. The van der Waals surface area contributed by atoms with Crippen LogP contribution in [0.15, 0.2) is 55.1 Å². The summed E-state index contributed by atoms with van der Waals surface area (Å²) in [6.45, 7) is 1.83. The number of halogens is 2. The molecule has 2 aromatic carbocycles. The number of hydrogen-bond donors (Lipinski definition) is 2. The van der Waals surface area contributed by atoms with Crippen molar-refractivity contribution in [2.24, 2.45) is 0 Å². The Morgan fingerprint density at radius 1 is 1.16 bits per heavy atom. The number of nitrogens with one attached hydrogen (secondary N) is 2. The van der Waals surface area contributed by atoms with Gasteiger partial charge < -0.3 is 15.4 Å². The fourth-order valence-electron chi connectivity index (χ4n) is 3.17. The summed E-state index contributed by atoms with van der Waals surface area (Å²) in [6, 6.07) is 9.61. The number of aromatic nitrogens is 2. The zero-order chi connectivity index (χ0) is 22.7. The molecule has 1 saturated carbocycles. The number of rotatable bonds is 7. The Bertz CT molecular complexity index is 1170. The summed E-state index contributed by atoms with van der Waals surface area (Å²) < 4.78 is 20.3. The summed E-state index contributed by atoms with van der Waals surface area (Å²) in [5.41, 5.74) is 0.410. The fourth-order valence-corrected chi connectivity index (χ4v) is 3.40. The van der Waals surface area contributed by atoms with E-state index < -0.39 is 17.3 Å². The van der Waals surface area contributed by atoms with Crippen molar-refractivity contribution in [2.75, 3.05) is 0 Å². The largest absolute Gasteiger partial charge is 0.457 e. The van der Waals surface area contributed by atoms with E-state index in [-0.39, 0.29) is 18.0 Å². The van der Waals surface area contributed by atoms with Gasteiger partial charge in [0.2, 0.25) is 5.91 Å². The maximum Gasteiger partial charge on any atom is 0.255 e. The van der Waals surface area contributed by atoms with E-state index in [1.165, 1.54) is 24.8 Å². The first-order valence-corrected chi connectivity index (χ1v) is 10.3. The summed E-state index contributed by atoms with van der Waals surface area (Å²) in [4.78, 5) is 32.5. The van der Waals surface area contributed by atoms with Crippen molar-refractivity contribution in [3.05, 3.63) is 82.6 Å². The minimum absolute atomic E-state index is 0.0169. The number of nitrogens with zero attached hydrogens (tertiary/aromatic N) is 2. The predicted molar refractivity (Wildman–Crippen MR) is 116 cm³/mol. The highest BCUT2D eigenvalue weighted by Crippen LogP contribution is 2.36. The van der Waals surface area contributed by atoms with Crippen molar-refractivity contribution >= 4 is 23.4 Å². The van der Waals surface area contributed by atoms with Crippen molar-refractivity contribution in [2.45, 2.75) is 31.8 Å². The highest BCUT2D eigenvalue weighted by molar-refractivity contribution is 6.30. The molecule has 1 aliphatic carbocycles. The first-order valence-electron chi connectivity index (χ1n) is 9.94. The van der Waals surface area contributed by atoms with Crippen LogP contribution in [0.1, 0.15) is 34.3 Å². The number of ether oxygens (including phenoxy) is 1. The molecular formula is C23H20ClFN4O3. The van der Waals surface area contributed by atoms with Crippen molar-refractivity contribution in [1.29, 1.82) is 0 Å². The summed E-state index contributed by atoms with van der Waals surface area (Å²) in [7, 11) is 0. The van der Waals surface area contributed by atoms with Gasteiger partial charge in [-0.1, -0.05) is 17.7 Å². The van der Waals surface area contributed by atoms with E-state index in [1.807, 2.05) is 6.92 Å². The topological polar surface area (TPSA) is 93.2 Å². The molecule has 0 bridgehead atoms. The lowest BCUT2D eigenvalue weighted by atomic mass is 10.1. The Balaban J connectivity index is 1.36. The maximum absolute atomic E-state index is 14.6. The second-order valence-corrected chi connectivity index (χ2v) is 8.05. The van der Waals surface area contributed by atoms with Gasteiger partial charge in [0.15, 0.2) is 0 Å². The van der Waals surface area contributed by atoms with Crippen LogP contribution in [0.3, 0.4) is 0 Å². The standard InChI is InChI=1S/C23H20ClFN4O3/c1-14-8-17(24)3-5-20(14)32-18-4-2-15(19(25)9-18)12-28-22(31)23(6-7-23)29-21(30)16-10-26-13-27-11-16/h2-5,8-11,13H,6-7,12H2,1H3,(H,28,31)(H,29,30). The van der Waals surface area contributed by atoms with Crippen molar-refractivity contribution < 1.29 is 18.7 Å². The maximum atomic E-state index is 14.6. The second-order valence-electron chi connectivity index (χ2n) is 7.61. The van der Waals surface area contributed by atoms with Crippen LogP contribution in [0, 0.1) is 12.7 Å². The van der Waals surface area contributed by atoms with E-state index in [1.54, 1.807) is 30.3 Å².